The van der Waals surface area contributed by atoms with E-state index in [9.17, 15) is 14.4 Å². The van der Waals surface area contributed by atoms with Crippen LogP contribution in [0.4, 0.5) is 0 Å². The minimum absolute atomic E-state index is 0.0449. The molecule has 1 aliphatic rings. The van der Waals surface area contributed by atoms with Crippen molar-refractivity contribution in [2.45, 2.75) is 52.1 Å². The predicted molar refractivity (Wildman–Crippen MR) is 98.0 cm³/mol. The molecule has 134 valence electrons. The van der Waals surface area contributed by atoms with Gasteiger partial charge in [0.2, 0.25) is 0 Å². The Morgan fingerprint density at radius 3 is 2.56 bits per heavy atom. The molecular formula is C19H25N3O3. The van der Waals surface area contributed by atoms with E-state index in [1.807, 2.05) is 18.9 Å². The fourth-order valence-electron chi connectivity index (χ4n) is 3.73. The summed E-state index contributed by atoms with van der Waals surface area (Å²) in [6, 6.07) is 5.41. The molecule has 3 rings (SSSR count). The van der Waals surface area contributed by atoms with Gasteiger partial charge < -0.3 is 14.5 Å². The Hall–Kier alpha value is -2.37. The Labute approximate surface area is 146 Å². The van der Waals surface area contributed by atoms with Crippen LogP contribution in [0.15, 0.2) is 27.8 Å². The van der Waals surface area contributed by atoms with Crippen molar-refractivity contribution in [3.05, 3.63) is 44.5 Å². The van der Waals surface area contributed by atoms with Crippen molar-refractivity contribution in [2.75, 3.05) is 7.05 Å². The molecule has 1 aromatic carbocycles. The number of carbonyl (C=O) groups is 1. The average molecular weight is 343 g/mol. The molecule has 1 amide bonds. The summed E-state index contributed by atoms with van der Waals surface area (Å²) >= 11 is 0. The second-order valence-electron chi connectivity index (χ2n) is 7.07. The number of hydrogen-bond donors (Lipinski definition) is 1. The van der Waals surface area contributed by atoms with Crippen molar-refractivity contribution in [2.24, 2.45) is 5.92 Å². The highest BCUT2D eigenvalue weighted by Gasteiger charge is 2.25. The topological polar surface area (TPSA) is 75.2 Å². The Kier molecular flexibility index (Phi) is 4.79. The van der Waals surface area contributed by atoms with Gasteiger partial charge >= 0.3 is 11.1 Å². The Morgan fingerprint density at radius 2 is 1.92 bits per heavy atom. The third-order valence-electron chi connectivity index (χ3n) is 5.39. The second-order valence-corrected chi connectivity index (χ2v) is 7.07. The Balaban J connectivity index is 1.93. The van der Waals surface area contributed by atoms with Gasteiger partial charge in [0.05, 0.1) is 11.0 Å². The number of hydrogen-bond acceptors (Lipinski definition) is 3. The number of aromatic nitrogens is 2. The minimum atomic E-state index is -0.659. The molecule has 25 heavy (non-hydrogen) atoms. The first kappa shape index (κ1) is 17.5. The van der Waals surface area contributed by atoms with Crippen LogP contribution in [0.25, 0.3) is 11.0 Å². The van der Waals surface area contributed by atoms with Gasteiger partial charge in [0, 0.05) is 25.2 Å². The largest absolute Gasteiger partial charge is 0.339 e. The van der Waals surface area contributed by atoms with Gasteiger partial charge in [-0.25, -0.2) is 0 Å². The van der Waals surface area contributed by atoms with E-state index in [1.54, 1.807) is 18.2 Å². The lowest BCUT2D eigenvalue weighted by molar-refractivity contribution is 0.0679. The highest BCUT2D eigenvalue weighted by Crippen LogP contribution is 2.27. The molecule has 0 radical (unpaired) electrons. The van der Waals surface area contributed by atoms with Gasteiger partial charge in [-0.1, -0.05) is 6.92 Å². The molecule has 0 aliphatic heterocycles. The number of H-pyrrole nitrogens is 1. The summed E-state index contributed by atoms with van der Waals surface area (Å²) in [5, 5.41) is 0. The third-order valence-corrected chi connectivity index (χ3v) is 5.39. The number of benzene rings is 1. The van der Waals surface area contributed by atoms with Crippen molar-refractivity contribution >= 4 is 16.9 Å². The standard InChI is InChI=1S/C19H25N3O3/c1-4-22-16-10-7-13(11-15(16)20-17(23)19(22)25)18(24)21(3)14-8-5-12(2)6-9-14/h7,10-12,14H,4-6,8-9H2,1-3H3,(H,20,23). The summed E-state index contributed by atoms with van der Waals surface area (Å²) < 4.78 is 1.43. The lowest BCUT2D eigenvalue weighted by Crippen LogP contribution is -2.39. The first-order valence-corrected chi connectivity index (χ1v) is 8.96. The van der Waals surface area contributed by atoms with Gasteiger partial charge in [0.25, 0.3) is 5.91 Å². The Bertz CT molecular complexity index is 904. The summed E-state index contributed by atoms with van der Waals surface area (Å²) in [5.74, 6) is 0.688. The molecule has 1 N–H and O–H groups in total. The molecule has 1 saturated carbocycles. The fourth-order valence-corrected chi connectivity index (χ4v) is 3.73. The summed E-state index contributed by atoms with van der Waals surface area (Å²) in [4.78, 5) is 41.0. The number of amides is 1. The van der Waals surface area contributed by atoms with Crippen LogP contribution in [-0.2, 0) is 6.54 Å². The summed E-state index contributed by atoms with van der Waals surface area (Å²) in [7, 11) is 1.85. The van der Waals surface area contributed by atoms with Crippen LogP contribution in [0.2, 0.25) is 0 Å². The lowest BCUT2D eigenvalue weighted by atomic mass is 9.86. The van der Waals surface area contributed by atoms with Gasteiger partial charge in [-0.15, -0.1) is 0 Å². The van der Waals surface area contributed by atoms with Gasteiger partial charge in [0.15, 0.2) is 0 Å². The molecule has 1 heterocycles. The normalized spacial score (nSPS) is 20.6. The van der Waals surface area contributed by atoms with Crippen LogP contribution in [0.1, 0.15) is 49.9 Å². The summed E-state index contributed by atoms with van der Waals surface area (Å²) in [5.41, 5.74) is 0.461. The van der Waals surface area contributed by atoms with Gasteiger partial charge in [0.1, 0.15) is 0 Å². The highest BCUT2D eigenvalue weighted by molar-refractivity contribution is 5.97. The summed E-state index contributed by atoms with van der Waals surface area (Å²) in [6.07, 6.45) is 4.36. The molecule has 6 heteroatoms. The van der Waals surface area contributed by atoms with E-state index < -0.39 is 11.1 Å². The Morgan fingerprint density at radius 1 is 1.24 bits per heavy atom. The van der Waals surface area contributed by atoms with Crippen molar-refractivity contribution in [3.8, 4) is 0 Å². The van der Waals surface area contributed by atoms with Crippen LogP contribution in [0.5, 0.6) is 0 Å². The van der Waals surface area contributed by atoms with E-state index in [2.05, 4.69) is 11.9 Å². The SMILES string of the molecule is CCn1c(=O)c(=O)[nH]c2cc(C(=O)N(C)C3CCC(C)CC3)ccc21. The maximum Gasteiger partial charge on any atom is 0.316 e. The predicted octanol–water partition coefficient (Wildman–Crippen LogP) is 2.36. The number of nitrogens with zero attached hydrogens (tertiary/aromatic N) is 2. The fraction of sp³-hybridized carbons (Fsp3) is 0.526. The van der Waals surface area contributed by atoms with Crippen LogP contribution in [0.3, 0.4) is 0 Å². The number of rotatable bonds is 3. The number of aromatic amines is 1. The zero-order valence-corrected chi connectivity index (χ0v) is 15.0. The monoisotopic (exact) mass is 343 g/mol. The van der Waals surface area contributed by atoms with Crippen molar-refractivity contribution in [1.82, 2.24) is 14.5 Å². The van der Waals surface area contributed by atoms with Gasteiger partial charge in [-0.3, -0.25) is 14.4 Å². The second kappa shape index (κ2) is 6.86. The van der Waals surface area contributed by atoms with E-state index >= 15 is 0 Å². The van der Waals surface area contributed by atoms with Crippen LogP contribution in [-0.4, -0.2) is 33.4 Å². The smallest absolute Gasteiger partial charge is 0.316 e. The van der Waals surface area contributed by atoms with Crippen LogP contribution in [0, 0.1) is 5.92 Å². The number of fused-ring (bicyclic) bond motifs is 1. The number of nitrogens with one attached hydrogen (secondary N) is 1. The minimum Gasteiger partial charge on any atom is -0.339 e. The van der Waals surface area contributed by atoms with E-state index in [4.69, 9.17) is 0 Å². The molecule has 1 fully saturated rings. The van der Waals surface area contributed by atoms with E-state index in [0.717, 1.165) is 31.6 Å². The molecule has 6 nitrogen and oxygen atoms in total. The van der Waals surface area contributed by atoms with Crippen molar-refractivity contribution < 1.29 is 4.79 Å². The maximum atomic E-state index is 12.8. The maximum absolute atomic E-state index is 12.8. The van der Waals surface area contributed by atoms with Crippen LogP contribution >= 0.6 is 0 Å². The molecule has 2 aromatic rings. The molecule has 0 bridgehead atoms. The first-order valence-electron chi connectivity index (χ1n) is 8.96. The molecule has 1 aliphatic carbocycles. The van der Waals surface area contributed by atoms with E-state index in [-0.39, 0.29) is 11.9 Å². The highest BCUT2D eigenvalue weighted by atomic mass is 16.2. The number of carbonyl (C=O) groups excluding carboxylic acids is 1. The molecule has 1 aromatic heterocycles. The molecule has 0 spiro atoms. The average Bonchev–Trinajstić information content (AvgIpc) is 2.62. The molecule has 0 unspecified atom stereocenters. The van der Waals surface area contributed by atoms with E-state index in [1.165, 1.54) is 4.57 Å². The molecular weight excluding hydrogens is 318 g/mol. The van der Waals surface area contributed by atoms with Crippen molar-refractivity contribution in [1.29, 1.82) is 0 Å². The zero-order chi connectivity index (χ0) is 18.1. The zero-order valence-electron chi connectivity index (χ0n) is 15.0. The van der Waals surface area contributed by atoms with Gasteiger partial charge in [-0.2, -0.15) is 0 Å². The van der Waals surface area contributed by atoms with Crippen LogP contribution < -0.4 is 11.1 Å². The first-order chi connectivity index (χ1) is 11.9. The molecule has 0 saturated heterocycles. The van der Waals surface area contributed by atoms with Crippen molar-refractivity contribution in [3.63, 3.8) is 0 Å². The quantitative estimate of drug-likeness (QED) is 0.869. The number of aryl methyl sites for hydroxylation is 1. The lowest BCUT2D eigenvalue weighted by Gasteiger charge is -2.33. The summed E-state index contributed by atoms with van der Waals surface area (Å²) in [6.45, 7) is 4.48. The third kappa shape index (κ3) is 3.25. The molecule has 0 atom stereocenters. The van der Waals surface area contributed by atoms with Gasteiger partial charge in [-0.05, 0) is 56.7 Å². The van der Waals surface area contributed by atoms with E-state index in [0.29, 0.717) is 23.1 Å².